The van der Waals surface area contributed by atoms with E-state index in [1.54, 1.807) is 13.0 Å². The van der Waals surface area contributed by atoms with Crippen molar-refractivity contribution >= 4 is 27.3 Å². The highest BCUT2D eigenvalue weighted by atomic mass is 35.5. The number of nitrogens with two attached hydrogens (primary N) is 1. The molecule has 6 heteroatoms. The maximum atomic E-state index is 12.2. The molecule has 0 spiro atoms. The Balaban J connectivity index is 2.68. The van der Waals surface area contributed by atoms with Crippen molar-refractivity contribution in [1.82, 2.24) is 4.72 Å². The molecule has 4 nitrogen and oxygen atoms in total. The molecule has 0 saturated heterocycles. The Morgan fingerprint density at radius 1 is 1.30 bits per heavy atom. The molecule has 114 valence electrons. The minimum absolute atomic E-state index is 0.0473. The van der Waals surface area contributed by atoms with Crippen molar-refractivity contribution in [2.45, 2.75) is 44.9 Å². The molecule has 0 bridgehead atoms. The van der Waals surface area contributed by atoms with Gasteiger partial charge in [0.25, 0.3) is 0 Å². The van der Waals surface area contributed by atoms with Crippen LogP contribution in [0.1, 0.15) is 38.7 Å². The highest BCUT2D eigenvalue weighted by Crippen LogP contribution is 2.26. The van der Waals surface area contributed by atoms with E-state index in [1.165, 1.54) is 6.07 Å². The molecule has 1 aromatic rings. The molecule has 3 N–H and O–H groups in total. The lowest BCUT2D eigenvalue weighted by Gasteiger charge is -2.11. The molecule has 0 aliphatic carbocycles. The van der Waals surface area contributed by atoms with Gasteiger partial charge < -0.3 is 5.73 Å². The molecule has 1 aromatic carbocycles. The largest absolute Gasteiger partial charge is 0.398 e. The number of nitrogen functional groups attached to an aromatic ring is 1. The number of hydrogen-bond acceptors (Lipinski definition) is 3. The van der Waals surface area contributed by atoms with E-state index in [0.29, 0.717) is 18.2 Å². The third kappa shape index (κ3) is 4.96. The van der Waals surface area contributed by atoms with Crippen LogP contribution in [-0.4, -0.2) is 15.0 Å². The van der Waals surface area contributed by atoms with E-state index in [2.05, 4.69) is 18.6 Å². The highest BCUT2D eigenvalue weighted by molar-refractivity contribution is 7.89. The van der Waals surface area contributed by atoms with Crippen molar-refractivity contribution in [3.05, 3.63) is 22.7 Å². The first-order valence-electron chi connectivity index (χ1n) is 6.79. The normalized spacial score (nSPS) is 12.1. The van der Waals surface area contributed by atoms with Crippen LogP contribution in [0.2, 0.25) is 5.02 Å². The van der Waals surface area contributed by atoms with Crippen LogP contribution in [0.15, 0.2) is 17.0 Å². The maximum absolute atomic E-state index is 12.2. The zero-order valence-electron chi connectivity index (χ0n) is 12.2. The second kappa shape index (κ2) is 7.29. The lowest BCUT2D eigenvalue weighted by Crippen LogP contribution is -2.25. The predicted molar refractivity (Wildman–Crippen MR) is 84.5 cm³/mol. The number of aryl methyl sites for hydroxylation is 1. The van der Waals surface area contributed by atoms with Crippen molar-refractivity contribution in [1.29, 1.82) is 0 Å². The van der Waals surface area contributed by atoms with Crippen molar-refractivity contribution in [2.75, 3.05) is 12.3 Å². The molecule has 0 radical (unpaired) electrons. The van der Waals surface area contributed by atoms with Gasteiger partial charge in [0.15, 0.2) is 0 Å². The van der Waals surface area contributed by atoms with Gasteiger partial charge in [0.2, 0.25) is 10.0 Å². The van der Waals surface area contributed by atoms with Crippen LogP contribution in [0.3, 0.4) is 0 Å². The Labute approximate surface area is 126 Å². The zero-order chi connectivity index (χ0) is 15.3. The quantitative estimate of drug-likeness (QED) is 0.598. The van der Waals surface area contributed by atoms with Crippen LogP contribution in [0, 0.1) is 12.8 Å². The van der Waals surface area contributed by atoms with Gasteiger partial charge in [-0.3, -0.25) is 0 Å². The summed E-state index contributed by atoms with van der Waals surface area (Å²) < 4.78 is 26.9. The third-order valence-corrected chi connectivity index (χ3v) is 5.04. The van der Waals surface area contributed by atoms with E-state index in [9.17, 15) is 8.42 Å². The molecular formula is C14H23ClN2O2S. The van der Waals surface area contributed by atoms with Gasteiger partial charge in [-0.25, -0.2) is 13.1 Å². The second-order valence-electron chi connectivity index (χ2n) is 5.43. The molecule has 0 amide bonds. The van der Waals surface area contributed by atoms with Gasteiger partial charge in [-0.15, -0.1) is 0 Å². The number of rotatable bonds is 7. The monoisotopic (exact) mass is 318 g/mol. The number of halogens is 1. The first kappa shape index (κ1) is 17.3. The highest BCUT2D eigenvalue weighted by Gasteiger charge is 2.18. The lowest BCUT2D eigenvalue weighted by molar-refractivity contribution is 0.530. The molecule has 0 aliphatic heterocycles. The molecule has 20 heavy (non-hydrogen) atoms. The molecule has 0 aliphatic rings. The maximum Gasteiger partial charge on any atom is 0.242 e. The fourth-order valence-corrected chi connectivity index (χ4v) is 3.53. The Kier molecular flexibility index (Phi) is 6.30. The van der Waals surface area contributed by atoms with Crippen molar-refractivity contribution in [2.24, 2.45) is 5.92 Å². The van der Waals surface area contributed by atoms with Crippen LogP contribution in [0.25, 0.3) is 0 Å². The fraction of sp³-hybridized carbons (Fsp3) is 0.571. The summed E-state index contributed by atoms with van der Waals surface area (Å²) in [6.07, 6.45) is 2.92. The number of hydrogen-bond donors (Lipinski definition) is 2. The van der Waals surface area contributed by atoms with E-state index in [4.69, 9.17) is 17.3 Å². The summed E-state index contributed by atoms with van der Waals surface area (Å²) in [7, 11) is -3.59. The summed E-state index contributed by atoms with van der Waals surface area (Å²) >= 11 is 5.99. The Bertz CT molecular complexity index is 557. The molecule has 0 atom stereocenters. The molecule has 0 saturated carbocycles. The number of benzene rings is 1. The van der Waals surface area contributed by atoms with Gasteiger partial charge in [0, 0.05) is 12.2 Å². The van der Waals surface area contributed by atoms with Crippen molar-refractivity contribution in [3.8, 4) is 0 Å². The van der Waals surface area contributed by atoms with E-state index in [0.717, 1.165) is 24.8 Å². The summed E-state index contributed by atoms with van der Waals surface area (Å²) in [5.74, 6) is 0.637. The second-order valence-corrected chi connectivity index (χ2v) is 7.57. The minimum Gasteiger partial charge on any atom is -0.398 e. The zero-order valence-corrected chi connectivity index (χ0v) is 13.8. The van der Waals surface area contributed by atoms with Gasteiger partial charge in [0.05, 0.1) is 5.02 Å². The topological polar surface area (TPSA) is 72.2 Å². The molecule has 1 rings (SSSR count). The molecule has 0 aromatic heterocycles. The smallest absolute Gasteiger partial charge is 0.242 e. The molecule has 0 unspecified atom stereocenters. The van der Waals surface area contributed by atoms with E-state index in [1.807, 2.05) is 0 Å². The third-order valence-electron chi connectivity index (χ3n) is 3.11. The SMILES string of the molecule is Cc1cc(Cl)c(S(=O)(=O)NCCCCC(C)C)cc1N. The Morgan fingerprint density at radius 3 is 2.55 bits per heavy atom. The summed E-state index contributed by atoms with van der Waals surface area (Å²) in [5.41, 5.74) is 6.94. The van der Waals surface area contributed by atoms with Crippen molar-refractivity contribution < 1.29 is 8.42 Å². The summed E-state index contributed by atoms with van der Waals surface area (Å²) in [6, 6.07) is 2.98. The Morgan fingerprint density at radius 2 is 1.95 bits per heavy atom. The summed E-state index contributed by atoms with van der Waals surface area (Å²) in [4.78, 5) is 0.0473. The van der Waals surface area contributed by atoms with Crippen LogP contribution in [0.4, 0.5) is 5.69 Å². The molecule has 0 heterocycles. The minimum atomic E-state index is -3.59. The van der Waals surface area contributed by atoms with E-state index in [-0.39, 0.29) is 9.92 Å². The molecular weight excluding hydrogens is 296 g/mol. The average molecular weight is 319 g/mol. The van der Waals surface area contributed by atoms with Gasteiger partial charge >= 0.3 is 0 Å². The first-order valence-corrected chi connectivity index (χ1v) is 8.65. The average Bonchev–Trinajstić information content (AvgIpc) is 2.32. The van der Waals surface area contributed by atoms with Gasteiger partial charge in [-0.05, 0) is 37.0 Å². The van der Waals surface area contributed by atoms with Crippen molar-refractivity contribution in [3.63, 3.8) is 0 Å². The van der Waals surface area contributed by atoms with Crippen LogP contribution in [-0.2, 0) is 10.0 Å². The summed E-state index contributed by atoms with van der Waals surface area (Å²) in [6.45, 7) is 6.51. The van der Waals surface area contributed by atoms with Crippen LogP contribution < -0.4 is 10.5 Å². The number of nitrogens with one attached hydrogen (secondary N) is 1. The first-order chi connectivity index (χ1) is 9.24. The fourth-order valence-electron chi connectivity index (χ4n) is 1.84. The Hall–Kier alpha value is -0.780. The number of unbranched alkanes of at least 4 members (excludes halogenated alkanes) is 1. The summed E-state index contributed by atoms with van der Waals surface area (Å²) in [5, 5.41) is 0.200. The lowest BCUT2D eigenvalue weighted by atomic mass is 10.1. The van der Waals surface area contributed by atoms with Gasteiger partial charge in [0.1, 0.15) is 4.90 Å². The van der Waals surface area contributed by atoms with E-state index < -0.39 is 10.0 Å². The van der Waals surface area contributed by atoms with Crippen LogP contribution in [0.5, 0.6) is 0 Å². The van der Waals surface area contributed by atoms with Gasteiger partial charge in [-0.2, -0.15) is 0 Å². The molecule has 0 fully saturated rings. The number of anilines is 1. The number of sulfonamides is 1. The van der Waals surface area contributed by atoms with Crippen LogP contribution >= 0.6 is 11.6 Å². The van der Waals surface area contributed by atoms with Gasteiger partial charge in [-0.1, -0.05) is 38.3 Å². The van der Waals surface area contributed by atoms with E-state index >= 15 is 0 Å². The predicted octanol–water partition coefficient (Wildman–Crippen LogP) is 3.34. The standard InChI is InChI=1S/C14H23ClN2O2S/c1-10(2)6-4-5-7-17-20(18,19)14-9-13(16)11(3)8-12(14)15/h8-10,17H,4-7,16H2,1-3H3.